The fourth-order valence-corrected chi connectivity index (χ4v) is 1.51. The summed E-state index contributed by atoms with van der Waals surface area (Å²) in [6.45, 7) is 1.31. The maximum absolute atomic E-state index is 11.6. The predicted molar refractivity (Wildman–Crippen MR) is 66.9 cm³/mol. The molecule has 1 aromatic heterocycles. The zero-order chi connectivity index (χ0) is 12.5. The molecule has 0 aliphatic heterocycles. The summed E-state index contributed by atoms with van der Waals surface area (Å²) in [5.41, 5.74) is 5.28. The van der Waals surface area contributed by atoms with Crippen LogP contribution < -0.4 is 16.5 Å². The first-order valence-corrected chi connectivity index (χ1v) is 5.91. The van der Waals surface area contributed by atoms with Gasteiger partial charge in [0.15, 0.2) is 5.43 Å². The Bertz CT molecular complexity index is 401. The molecular formula is C12H19N3O2. The molecule has 0 radical (unpaired) electrons. The third kappa shape index (κ3) is 4.82. The van der Waals surface area contributed by atoms with E-state index in [0.29, 0.717) is 13.1 Å². The van der Waals surface area contributed by atoms with E-state index >= 15 is 0 Å². The van der Waals surface area contributed by atoms with Gasteiger partial charge in [-0.05, 0) is 19.4 Å². The SMILES string of the molecule is NCCCCCCNC(=O)c1c[nH]ccc1=O. The van der Waals surface area contributed by atoms with E-state index in [-0.39, 0.29) is 16.9 Å². The van der Waals surface area contributed by atoms with Crippen LogP contribution in [0.3, 0.4) is 0 Å². The Balaban J connectivity index is 2.26. The van der Waals surface area contributed by atoms with Gasteiger partial charge in [0.25, 0.3) is 5.91 Å². The van der Waals surface area contributed by atoms with Gasteiger partial charge in [0, 0.05) is 25.0 Å². The van der Waals surface area contributed by atoms with Gasteiger partial charge in [-0.25, -0.2) is 0 Å². The molecule has 0 aliphatic rings. The van der Waals surface area contributed by atoms with Crippen LogP contribution in [-0.4, -0.2) is 24.0 Å². The second-order valence-corrected chi connectivity index (χ2v) is 3.88. The average molecular weight is 237 g/mol. The van der Waals surface area contributed by atoms with Crippen molar-refractivity contribution in [3.05, 3.63) is 34.2 Å². The Hall–Kier alpha value is -1.62. The molecule has 0 aromatic carbocycles. The molecular weight excluding hydrogens is 218 g/mol. The maximum Gasteiger partial charge on any atom is 0.256 e. The van der Waals surface area contributed by atoms with Crippen molar-refractivity contribution in [2.24, 2.45) is 5.73 Å². The number of hydrogen-bond donors (Lipinski definition) is 3. The largest absolute Gasteiger partial charge is 0.367 e. The number of carbonyl (C=O) groups is 1. The van der Waals surface area contributed by atoms with Crippen molar-refractivity contribution in [2.75, 3.05) is 13.1 Å². The minimum Gasteiger partial charge on any atom is -0.367 e. The zero-order valence-electron chi connectivity index (χ0n) is 9.87. The lowest BCUT2D eigenvalue weighted by atomic mass is 10.2. The van der Waals surface area contributed by atoms with Gasteiger partial charge in [-0.1, -0.05) is 12.8 Å². The minimum atomic E-state index is -0.314. The van der Waals surface area contributed by atoms with Crippen molar-refractivity contribution < 1.29 is 4.79 Å². The van der Waals surface area contributed by atoms with Crippen LogP contribution in [0.4, 0.5) is 0 Å². The van der Waals surface area contributed by atoms with Crippen LogP contribution in [0.2, 0.25) is 0 Å². The van der Waals surface area contributed by atoms with Gasteiger partial charge in [-0.15, -0.1) is 0 Å². The van der Waals surface area contributed by atoms with E-state index in [4.69, 9.17) is 5.73 Å². The molecule has 5 heteroatoms. The number of amides is 1. The first-order chi connectivity index (χ1) is 8.25. The second-order valence-electron chi connectivity index (χ2n) is 3.88. The smallest absolute Gasteiger partial charge is 0.256 e. The molecule has 4 N–H and O–H groups in total. The zero-order valence-corrected chi connectivity index (χ0v) is 9.87. The van der Waals surface area contributed by atoms with E-state index in [0.717, 1.165) is 25.7 Å². The molecule has 0 saturated heterocycles. The molecule has 94 valence electrons. The Morgan fingerprint density at radius 3 is 2.76 bits per heavy atom. The number of hydrogen-bond acceptors (Lipinski definition) is 3. The summed E-state index contributed by atoms with van der Waals surface area (Å²) in [4.78, 5) is 25.7. The molecule has 0 bridgehead atoms. The van der Waals surface area contributed by atoms with E-state index in [1.807, 2.05) is 0 Å². The van der Waals surface area contributed by atoms with E-state index in [1.54, 1.807) is 0 Å². The van der Waals surface area contributed by atoms with Crippen LogP contribution in [0.5, 0.6) is 0 Å². The molecule has 5 nitrogen and oxygen atoms in total. The summed E-state index contributed by atoms with van der Waals surface area (Å²) < 4.78 is 0. The number of unbranched alkanes of at least 4 members (excludes halogenated alkanes) is 3. The summed E-state index contributed by atoms with van der Waals surface area (Å²) in [6, 6.07) is 1.34. The van der Waals surface area contributed by atoms with Gasteiger partial charge in [0.1, 0.15) is 5.56 Å². The Kier molecular flexibility index (Phi) is 6.03. The van der Waals surface area contributed by atoms with Crippen LogP contribution in [-0.2, 0) is 0 Å². The number of rotatable bonds is 7. The fourth-order valence-electron chi connectivity index (χ4n) is 1.51. The Morgan fingerprint density at radius 2 is 2.06 bits per heavy atom. The molecule has 1 rings (SSSR count). The minimum absolute atomic E-state index is 0.162. The predicted octanol–water partition coefficient (Wildman–Crippen LogP) is 0.624. The Morgan fingerprint density at radius 1 is 1.29 bits per heavy atom. The van der Waals surface area contributed by atoms with Gasteiger partial charge < -0.3 is 16.0 Å². The number of H-pyrrole nitrogens is 1. The monoisotopic (exact) mass is 237 g/mol. The van der Waals surface area contributed by atoms with Crippen LogP contribution in [0, 0.1) is 0 Å². The molecule has 1 heterocycles. The molecule has 0 fully saturated rings. The molecule has 1 amide bonds. The van der Waals surface area contributed by atoms with Gasteiger partial charge in [0.2, 0.25) is 0 Å². The van der Waals surface area contributed by atoms with E-state index < -0.39 is 0 Å². The normalized spacial score (nSPS) is 10.2. The summed E-state index contributed by atoms with van der Waals surface area (Å²) in [7, 11) is 0. The molecule has 0 spiro atoms. The van der Waals surface area contributed by atoms with Crippen LogP contribution in [0.15, 0.2) is 23.3 Å². The molecule has 1 aromatic rings. The summed E-state index contributed by atoms with van der Waals surface area (Å²) in [5.74, 6) is -0.314. The average Bonchev–Trinajstić information content (AvgIpc) is 2.34. The van der Waals surface area contributed by atoms with Crippen molar-refractivity contribution in [2.45, 2.75) is 25.7 Å². The van der Waals surface area contributed by atoms with Crippen molar-refractivity contribution in [3.63, 3.8) is 0 Å². The lowest BCUT2D eigenvalue weighted by molar-refractivity contribution is 0.0951. The molecule has 0 aliphatic carbocycles. The summed E-state index contributed by atoms with van der Waals surface area (Å²) >= 11 is 0. The van der Waals surface area contributed by atoms with Crippen molar-refractivity contribution >= 4 is 5.91 Å². The van der Waals surface area contributed by atoms with Gasteiger partial charge in [0.05, 0.1) is 0 Å². The number of aromatic amines is 1. The standard InChI is InChI=1S/C12H19N3O2/c13-6-3-1-2-4-7-15-12(17)10-9-14-8-5-11(10)16/h5,8-9H,1-4,6-7,13H2,(H,14,16)(H,15,17). The first-order valence-electron chi connectivity index (χ1n) is 5.91. The van der Waals surface area contributed by atoms with E-state index in [2.05, 4.69) is 10.3 Å². The molecule has 0 unspecified atom stereocenters. The lowest BCUT2D eigenvalue weighted by Gasteiger charge is -2.04. The second kappa shape index (κ2) is 7.62. The highest BCUT2D eigenvalue weighted by atomic mass is 16.2. The number of nitrogens with one attached hydrogen (secondary N) is 2. The van der Waals surface area contributed by atoms with Crippen LogP contribution >= 0.6 is 0 Å². The van der Waals surface area contributed by atoms with Gasteiger partial charge in [-0.2, -0.15) is 0 Å². The van der Waals surface area contributed by atoms with Gasteiger partial charge >= 0.3 is 0 Å². The van der Waals surface area contributed by atoms with Crippen LogP contribution in [0.25, 0.3) is 0 Å². The highest BCUT2D eigenvalue weighted by molar-refractivity contribution is 5.93. The van der Waals surface area contributed by atoms with Crippen molar-refractivity contribution in [1.82, 2.24) is 10.3 Å². The molecule has 0 saturated carbocycles. The third-order valence-corrected chi connectivity index (χ3v) is 2.49. The quantitative estimate of drug-likeness (QED) is 0.607. The summed E-state index contributed by atoms with van der Waals surface area (Å²) in [6.07, 6.45) is 6.99. The van der Waals surface area contributed by atoms with Crippen LogP contribution in [0.1, 0.15) is 36.0 Å². The molecule has 17 heavy (non-hydrogen) atoms. The van der Waals surface area contributed by atoms with E-state index in [1.165, 1.54) is 18.5 Å². The van der Waals surface area contributed by atoms with Crippen molar-refractivity contribution in [3.8, 4) is 0 Å². The molecule has 0 atom stereocenters. The Labute approximate surface area is 100 Å². The lowest BCUT2D eigenvalue weighted by Crippen LogP contribution is -2.29. The highest BCUT2D eigenvalue weighted by Crippen LogP contribution is 1.97. The topological polar surface area (TPSA) is 88.0 Å². The third-order valence-electron chi connectivity index (χ3n) is 2.49. The number of aromatic nitrogens is 1. The van der Waals surface area contributed by atoms with Gasteiger partial charge in [-0.3, -0.25) is 9.59 Å². The summed E-state index contributed by atoms with van der Waals surface area (Å²) in [5, 5.41) is 2.73. The highest BCUT2D eigenvalue weighted by Gasteiger charge is 2.07. The number of pyridine rings is 1. The maximum atomic E-state index is 11.6. The number of carbonyl (C=O) groups excluding carboxylic acids is 1. The van der Waals surface area contributed by atoms with Crippen molar-refractivity contribution in [1.29, 1.82) is 0 Å². The fraction of sp³-hybridized carbons (Fsp3) is 0.500. The number of nitrogens with two attached hydrogens (primary N) is 1. The first kappa shape index (κ1) is 13.4. The van der Waals surface area contributed by atoms with E-state index in [9.17, 15) is 9.59 Å².